The van der Waals surface area contributed by atoms with Crippen molar-refractivity contribution < 1.29 is 15.1 Å². The SMILES string of the molecule is CC(C)CN(CCC(N)=NO)C(=O)c1ccccc1O. The Labute approximate surface area is 118 Å². The summed E-state index contributed by atoms with van der Waals surface area (Å²) < 4.78 is 0. The number of nitrogens with two attached hydrogens (primary N) is 1. The molecule has 1 rings (SSSR count). The zero-order valence-electron chi connectivity index (χ0n) is 11.8. The first-order valence-corrected chi connectivity index (χ1v) is 6.49. The number of benzene rings is 1. The molecule has 0 unspecified atom stereocenters. The van der Waals surface area contributed by atoms with Gasteiger partial charge in [-0.1, -0.05) is 31.1 Å². The number of oxime groups is 1. The summed E-state index contributed by atoms with van der Waals surface area (Å²) in [6, 6.07) is 6.41. The molecule has 1 aromatic rings. The monoisotopic (exact) mass is 279 g/mol. The van der Waals surface area contributed by atoms with E-state index in [4.69, 9.17) is 10.9 Å². The second-order valence-electron chi connectivity index (χ2n) is 5.00. The molecule has 0 aliphatic rings. The molecule has 0 spiro atoms. The maximum Gasteiger partial charge on any atom is 0.257 e. The van der Waals surface area contributed by atoms with Gasteiger partial charge < -0.3 is 20.9 Å². The summed E-state index contributed by atoms with van der Waals surface area (Å²) in [5, 5.41) is 21.2. The van der Waals surface area contributed by atoms with Crippen LogP contribution in [0.3, 0.4) is 0 Å². The Morgan fingerprint density at radius 2 is 2.05 bits per heavy atom. The summed E-state index contributed by atoms with van der Waals surface area (Å²) in [6.07, 6.45) is 0.280. The van der Waals surface area contributed by atoms with E-state index in [2.05, 4.69) is 5.16 Å². The molecule has 0 aliphatic heterocycles. The van der Waals surface area contributed by atoms with E-state index in [1.807, 2.05) is 13.8 Å². The second-order valence-corrected chi connectivity index (χ2v) is 5.00. The topological polar surface area (TPSA) is 99.1 Å². The van der Waals surface area contributed by atoms with E-state index >= 15 is 0 Å². The number of hydrogen-bond acceptors (Lipinski definition) is 4. The van der Waals surface area contributed by atoms with Crippen LogP contribution in [0, 0.1) is 5.92 Å². The molecule has 0 saturated heterocycles. The maximum atomic E-state index is 12.4. The van der Waals surface area contributed by atoms with Gasteiger partial charge in [0, 0.05) is 19.5 Å². The summed E-state index contributed by atoms with van der Waals surface area (Å²) in [5.41, 5.74) is 5.69. The first-order chi connectivity index (χ1) is 9.45. The fraction of sp³-hybridized carbons (Fsp3) is 0.429. The minimum Gasteiger partial charge on any atom is -0.507 e. The molecular weight excluding hydrogens is 258 g/mol. The molecule has 0 bridgehead atoms. The van der Waals surface area contributed by atoms with Crippen molar-refractivity contribution in [1.82, 2.24) is 4.90 Å². The van der Waals surface area contributed by atoms with Gasteiger partial charge in [-0.3, -0.25) is 4.79 Å². The number of hydrogen-bond donors (Lipinski definition) is 3. The van der Waals surface area contributed by atoms with Crippen LogP contribution >= 0.6 is 0 Å². The van der Waals surface area contributed by atoms with Gasteiger partial charge in [-0.15, -0.1) is 0 Å². The zero-order chi connectivity index (χ0) is 15.1. The average molecular weight is 279 g/mol. The number of amidine groups is 1. The van der Waals surface area contributed by atoms with Gasteiger partial charge in [-0.25, -0.2) is 0 Å². The van der Waals surface area contributed by atoms with E-state index in [-0.39, 0.29) is 35.4 Å². The van der Waals surface area contributed by atoms with Crippen molar-refractivity contribution in [2.45, 2.75) is 20.3 Å². The minimum absolute atomic E-state index is 0.0462. The van der Waals surface area contributed by atoms with Crippen molar-refractivity contribution in [2.75, 3.05) is 13.1 Å². The van der Waals surface area contributed by atoms with Gasteiger partial charge >= 0.3 is 0 Å². The fourth-order valence-corrected chi connectivity index (χ4v) is 1.84. The van der Waals surface area contributed by atoms with Crippen LogP contribution < -0.4 is 5.73 Å². The van der Waals surface area contributed by atoms with Crippen LogP contribution in [-0.4, -0.2) is 40.0 Å². The molecule has 20 heavy (non-hydrogen) atoms. The Bertz CT molecular complexity index is 486. The summed E-state index contributed by atoms with van der Waals surface area (Å²) in [4.78, 5) is 14.0. The maximum absolute atomic E-state index is 12.4. The van der Waals surface area contributed by atoms with Crippen molar-refractivity contribution >= 4 is 11.7 Å². The summed E-state index contributed by atoms with van der Waals surface area (Å²) in [6.45, 7) is 4.86. The molecule has 1 amide bonds. The summed E-state index contributed by atoms with van der Waals surface area (Å²) in [7, 11) is 0. The molecule has 1 aromatic carbocycles. The molecule has 0 heterocycles. The molecule has 0 fully saturated rings. The number of para-hydroxylation sites is 1. The van der Waals surface area contributed by atoms with Gasteiger partial charge in [0.05, 0.1) is 5.56 Å². The number of rotatable bonds is 6. The van der Waals surface area contributed by atoms with Gasteiger partial charge in [0.15, 0.2) is 0 Å². The van der Waals surface area contributed by atoms with Crippen LogP contribution in [0.2, 0.25) is 0 Å². The first kappa shape index (κ1) is 15.8. The van der Waals surface area contributed by atoms with Gasteiger partial charge in [-0.05, 0) is 18.1 Å². The first-order valence-electron chi connectivity index (χ1n) is 6.49. The number of phenolic OH excluding ortho intramolecular Hbond substituents is 1. The molecule has 4 N–H and O–H groups in total. The van der Waals surface area contributed by atoms with E-state index in [9.17, 15) is 9.90 Å². The van der Waals surface area contributed by atoms with Gasteiger partial charge in [0.25, 0.3) is 5.91 Å². The van der Waals surface area contributed by atoms with E-state index < -0.39 is 0 Å². The molecule has 110 valence electrons. The van der Waals surface area contributed by atoms with Crippen molar-refractivity contribution in [3.05, 3.63) is 29.8 Å². The molecule has 0 aromatic heterocycles. The van der Waals surface area contributed by atoms with Crippen molar-refractivity contribution in [3.8, 4) is 5.75 Å². The summed E-state index contributed by atoms with van der Waals surface area (Å²) in [5.74, 6) is 0.0403. The predicted octanol–water partition coefficient (Wildman–Crippen LogP) is 1.63. The molecule has 6 nitrogen and oxygen atoms in total. The smallest absolute Gasteiger partial charge is 0.257 e. The van der Waals surface area contributed by atoms with E-state index in [1.165, 1.54) is 6.07 Å². The lowest BCUT2D eigenvalue weighted by Gasteiger charge is -2.24. The third kappa shape index (κ3) is 4.46. The van der Waals surface area contributed by atoms with E-state index in [0.29, 0.717) is 13.1 Å². The number of amides is 1. The van der Waals surface area contributed by atoms with Crippen LogP contribution in [0.25, 0.3) is 0 Å². The quantitative estimate of drug-likeness (QED) is 0.319. The van der Waals surface area contributed by atoms with Crippen LogP contribution in [0.15, 0.2) is 29.4 Å². The Morgan fingerprint density at radius 3 is 2.60 bits per heavy atom. The average Bonchev–Trinajstić information content (AvgIpc) is 2.42. The number of aromatic hydroxyl groups is 1. The standard InChI is InChI=1S/C14H21N3O3/c1-10(2)9-17(8-7-13(15)16-20)14(19)11-5-3-4-6-12(11)18/h3-6,10,18,20H,7-9H2,1-2H3,(H2,15,16). The Morgan fingerprint density at radius 1 is 1.40 bits per heavy atom. The fourth-order valence-electron chi connectivity index (χ4n) is 1.84. The van der Waals surface area contributed by atoms with Gasteiger partial charge in [0.1, 0.15) is 11.6 Å². The lowest BCUT2D eigenvalue weighted by Crippen LogP contribution is -2.36. The van der Waals surface area contributed by atoms with E-state index in [1.54, 1.807) is 23.1 Å². The molecule has 0 saturated carbocycles. The highest BCUT2D eigenvalue weighted by molar-refractivity contribution is 5.97. The third-order valence-corrected chi connectivity index (χ3v) is 2.77. The Hall–Kier alpha value is -2.24. The molecule has 6 heteroatoms. The van der Waals surface area contributed by atoms with Crippen molar-refractivity contribution in [2.24, 2.45) is 16.8 Å². The number of carbonyl (C=O) groups is 1. The summed E-state index contributed by atoms with van der Waals surface area (Å²) >= 11 is 0. The van der Waals surface area contributed by atoms with Crippen LogP contribution in [0.4, 0.5) is 0 Å². The third-order valence-electron chi connectivity index (χ3n) is 2.77. The van der Waals surface area contributed by atoms with Crippen molar-refractivity contribution in [1.29, 1.82) is 0 Å². The predicted molar refractivity (Wildman–Crippen MR) is 76.9 cm³/mol. The molecule has 0 atom stereocenters. The highest BCUT2D eigenvalue weighted by atomic mass is 16.4. The molecule has 0 aliphatic carbocycles. The zero-order valence-corrected chi connectivity index (χ0v) is 11.8. The molecule has 0 radical (unpaired) electrons. The Kier molecular flexibility index (Phi) is 5.83. The van der Waals surface area contributed by atoms with Crippen LogP contribution in [-0.2, 0) is 0 Å². The van der Waals surface area contributed by atoms with Crippen LogP contribution in [0.1, 0.15) is 30.6 Å². The van der Waals surface area contributed by atoms with Crippen molar-refractivity contribution in [3.63, 3.8) is 0 Å². The highest BCUT2D eigenvalue weighted by Gasteiger charge is 2.19. The molecular formula is C14H21N3O3. The van der Waals surface area contributed by atoms with E-state index in [0.717, 1.165) is 0 Å². The lowest BCUT2D eigenvalue weighted by molar-refractivity contribution is 0.0737. The van der Waals surface area contributed by atoms with Gasteiger partial charge in [0.2, 0.25) is 0 Å². The van der Waals surface area contributed by atoms with Gasteiger partial charge in [-0.2, -0.15) is 0 Å². The number of phenols is 1. The normalized spacial score (nSPS) is 11.7. The lowest BCUT2D eigenvalue weighted by atomic mass is 10.1. The Balaban J connectivity index is 2.87. The number of nitrogens with zero attached hydrogens (tertiary/aromatic N) is 2. The van der Waals surface area contributed by atoms with Crippen LogP contribution in [0.5, 0.6) is 5.75 Å². The minimum atomic E-state index is -0.262. The second kappa shape index (κ2) is 7.37. The highest BCUT2D eigenvalue weighted by Crippen LogP contribution is 2.18. The number of carbonyl (C=O) groups excluding carboxylic acids is 1. The largest absolute Gasteiger partial charge is 0.507 e.